The molecule has 0 amide bonds. The fraction of sp³-hybridized carbons (Fsp3) is 0.519. The van der Waals surface area contributed by atoms with E-state index < -0.39 is 11.7 Å². The number of nitrogens with one attached hydrogen (secondary N) is 1. The van der Waals surface area contributed by atoms with Gasteiger partial charge in [-0.05, 0) is 37.5 Å². The molecular weight excluding hydrogens is 561 g/mol. The van der Waals surface area contributed by atoms with Crippen molar-refractivity contribution in [1.29, 1.82) is 0 Å². The third-order valence-electron chi connectivity index (χ3n) is 7.97. The molecule has 2 N–H and O–H groups in total. The lowest BCUT2D eigenvalue weighted by Gasteiger charge is -2.34. The summed E-state index contributed by atoms with van der Waals surface area (Å²) in [4.78, 5) is 20.5. The van der Waals surface area contributed by atoms with Crippen LogP contribution in [0.3, 0.4) is 0 Å². The van der Waals surface area contributed by atoms with Crippen LogP contribution in [0.5, 0.6) is 0 Å². The van der Waals surface area contributed by atoms with Crippen molar-refractivity contribution in [3.8, 4) is 10.6 Å². The van der Waals surface area contributed by atoms with Gasteiger partial charge in [0.2, 0.25) is 5.95 Å². The fourth-order valence-electron chi connectivity index (χ4n) is 5.91. The average Bonchev–Trinajstić information content (AvgIpc) is 3.50. The third kappa shape index (κ3) is 5.06. The Balaban J connectivity index is 1.18. The summed E-state index contributed by atoms with van der Waals surface area (Å²) in [5, 5.41) is 12.5. The molecule has 4 aliphatic rings. The topological polar surface area (TPSA) is 86.6 Å². The summed E-state index contributed by atoms with van der Waals surface area (Å²) in [5.74, 6) is 2.12. The fourth-order valence-corrected chi connectivity index (χ4v) is 8.13. The van der Waals surface area contributed by atoms with E-state index in [1.165, 1.54) is 11.3 Å². The van der Waals surface area contributed by atoms with Crippen LogP contribution in [0, 0.1) is 0 Å². The summed E-state index contributed by atoms with van der Waals surface area (Å²) in [6, 6.07) is 6.52. The SMILES string of the molecule is OCCN1CC2CC1CN2c1ccc(Nc2ncc(C(F)(F)F)c(-c3cc4c(s3)COCCS4)n2)c(C2CC2)n1. The van der Waals surface area contributed by atoms with Crippen molar-refractivity contribution in [1.82, 2.24) is 19.9 Å². The first kappa shape index (κ1) is 26.4. The van der Waals surface area contributed by atoms with Gasteiger partial charge in [0.05, 0.1) is 41.8 Å². The molecule has 3 aliphatic heterocycles. The number of hydrogen-bond donors (Lipinski definition) is 2. The Labute approximate surface area is 238 Å². The van der Waals surface area contributed by atoms with Gasteiger partial charge in [0.15, 0.2) is 0 Å². The summed E-state index contributed by atoms with van der Waals surface area (Å²) in [5.41, 5.74) is 0.667. The number of ether oxygens (including phenoxy) is 1. The molecule has 1 aliphatic carbocycles. The summed E-state index contributed by atoms with van der Waals surface area (Å²) >= 11 is 2.89. The van der Waals surface area contributed by atoms with Gasteiger partial charge in [0.1, 0.15) is 11.4 Å². The second-order valence-electron chi connectivity index (χ2n) is 10.7. The van der Waals surface area contributed by atoms with Crippen molar-refractivity contribution in [3.63, 3.8) is 0 Å². The molecule has 3 aromatic heterocycles. The van der Waals surface area contributed by atoms with Crippen molar-refractivity contribution in [2.45, 2.75) is 54.9 Å². The van der Waals surface area contributed by atoms with Crippen LogP contribution >= 0.6 is 23.1 Å². The van der Waals surface area contributed by atoms with E-state index in [0.29, 0.717) is 42.6 Å². The minimum absolute atomic E-state index is 0.117. The summed E-state index contributed by atoms with van der Waals surface area (Å²) in [6.45, 7) is 3.69. The van der Waals surface area contributed by atoms with E-state index >= 15 is 0 Å². The molecule has 2 saturated heterocycles. The number of thiophene rings is 1. The maximum absolute atomic E-state index is 14.0. The minimum atomic E-state index is -4.58. The molecule has 1 saturated carbocycles. The average molecular weight is 591 g/mol. The molecule has 13 heteroatoms. The zero-order valence-corrected chi connectivity index (χ0v) is 23.3. The number of nitrogens with zero attached hydrogens (tertiary/aromatic N) is 5. The predicted octanol–water partition coefficient (Wildman–Crippen LogP) is 5.12. The molecule has 3 aromatic rings. The lowest BCUT2D eigenvalue weighted by molar-refractivity contribution is -0.137. The molecule has 2 bridgehead atoms. The first-order valence-electron chi connectivity index (χ1n) is 13.5. The van der Waals surface area contributed by atoms with Crippen molar-refractivity contribution < 1.29 is 23.0 Å². The van der Waals surface area contributed by atoms with E-state index in [4.69, 9.17) is 9.72 Å². The van der Waals surface area contributed by atoms with Crippen LogP contribution in [0.4, 0.5) is 30.6 Å². The largest absolute Gasteiger partial charge is 0.420 e. The molecule has 6 heterocycles. The number of likely N-dealkylation sites (tertiary alicyclic amines) is 1. The number of aromatic nitrogens is 3. The zero-order valence-electron chi connectivity index (χ0n) is 21.7. The molecular formula is C27H29F3N6O2S2. The van der Waals surface area contributed by atoms with Gasteiger partial charge in [-0.2, -0.15) is 13.2 Å². The smallest absolute Gasteiger partial charge is 0.395 e. The number of alkyl halides is 3. The summed E-state index contributed by atoms with van der Waals surface area (Å²) in [7, 11) is 0. The Morgan fingerprint density at radius 2 is 2.02 bits per heavy atom. The number of aliphatic hydroxyl groups is 1. The Morgan fingerprint density at radius 1 is 1.15 bits per heavy atom. The normalized spacial score (nSPS) is 22.9. The second-order valence-corrected chi connectivity index (χ2v) is 12.9. The van der Waals surface area contributed by atoms with Gasteiger partial charge in [0.25, 0.3) is 0 Å². The van der Waals surface area contributed by atoms with Crippen LogP contribution in [-0.2, 0) is 17.5 Å². The van der Waals surface area contributed by atoms with Gasteiger partial charge in [-0.15, -0.1) is 23.1 Å². The first-order valence-corrected chi connectivity index (χ1v) is 15.3. The molecule has 2 unspecified atom stereocenters. The zero-order chi connectivity index (χ0) is 27.4. The highest BCUT2D eigenvalue weighted by molar-refractivity contribution is 7.99. The number of anilines is 3. The van der Waals surface area contributed by atoms with Crippen LogP contribution in [0.25, 0.3) is 10.6 Å². The molecule has 0 spiro atoms. The highest BCUT2D eigenvalue weighted by Crippen LogP contribution is 2.46. The number of pyridine rings is 1. The lowest BCUT2D eigenvalue weighted by atomic mass is 10.2. The molecule has 0 radical (unpaired) electrons. The van der Waals surface area contributed by atoms with Crippen molar-refractivity contribution in [2.75, 3.05) is 48.8 Å². The van der Waals surface area contributed by atoms with E-state index in [1.807, 2.05) is 12.1 Å². The number of piperazine rings is 1. The summed E-state index contributed by atoms with van der Waals surface area (Å²) in [6.07, 6.45) is -0.582. The molecule has 7 rings (SSSR count). The maximum Gasteiger partial charge on any atom is 0.420 e. The highest BCUT2D eigenvalue weighted by atomic mass is 32.2. The molecule has 0 aromatic carbocycles. The van der Waals surface area contributed by atoms with Crippen molar-refractivity contribution >= 4 is 40.6 Å². The van der Waals surface area contributed by atoms with E-state index in [-0.39, 0.29) is 18.2 Å². The van der Waals surface area contributed by atoms with Crippen molar-refractivity contribution in [3.05, 3.63) is 40.5 Å². The van der Waals surface area contributed by atoms with E-state index in [9.17, 15) is 18.3 Å². The Morgan fingerprint density at radius 3 is 2.77 bits per heavy atom. The number of thioether (sulfide) groups is 1. The Hall–Kier alpha value is -2.45. The highest BCUT2D eigenvalue weighted by Gasteiger charge is 2.44. The predicted molar refractivity (Wildman–Crippen MR) is 148 cm³/mol. The molecule has 2 atom stereocenters. The number of hydrogen-bond acceptors (Lipinski definition) is 10. The first-order chi connectivity index (χ1) is 19.4. The maximum atomic E-state index is 14.0. The van der Waals surface area contributed by atoms with Crippen LogP contribution in [0.2, 0.25) is 0 Å². The van der Waals surface area contributed by atoms with Gasteiger partial charge in [-0.25, -0.2) is 15.0 Å². The summed E-state index contributed by atoms with van der Waals surface area (Å²) < 4.78 is 47.6. The lowest BCUT2D eigenvalue weighted by Crippen LogP contribution is -2.47. The van der Waals surface area contributed by atoms with Crippen LogP contribution in [-0.4, -0.2) is 75.6 Å². The van der Waals surface area contributed by atoms with Gasteiger partial charge in [0, 0.05) is 59.4 Å². The van der Waals surface area contributed by atoms with E-state index in [2.05, 4.69) is 25.1 Å². The third-order valence-corrected chi connectivity index (χ3v) is 10.3. The van der Waals surface area contributed by atoms with Crippen LogP contribution < -0.4 is 10.2 Å². The number of fused-ring (bicyclic) bond motifs is 3. The standard InChI is InChI=1S/C27H29F3N6O2S2/c28-27(29,30)18-11-31-26(34-25(18)21-10-20-22(40-21)14-38-7-8-39-20)32-19-3-4-23(33-24(19)15-1-2-15)36-13-16-9-17(36)12-35(16)5-6-37/h3-4,10-11,15-17,37H,1-2,5-9,12-14H2,(H,31,32,34). The number of rotatable bonds is 7. The number of aliphatic hydroxyl groups excluding tert-OH is 1. The second kappa shape index (κ2) is 10.4. The molecule has 8 nitrogen and oxygen atoms in total. The van der Waals surface area contributed by atoms with Gasteiger partial charge in [-0.1, -0.05) is 0 Å². The van der Waals surface area contributed by atoms with E-state index in [0.717, 1.165) is 71.3 Å². The van der Waals surface area contributed by atoms with Gasteiger partial charge >= 0.3 is 6.18 Å². The van der Waals surface area contributed by atoms with Crippen LogP contribution in [0.1, 0.15) is 41.3 Å². The number of β-amino-alcohol motifs (C(OH)–C–C–N with tert-alkyl or cyclic N) is 1. The monoisotopic (exact) mass is 590 g/mol. The number of halogens is 3. The van der Waals surface area contributed by atoms with Gasteiger partial charge in [-0.3, -0.25) is 4.90 Å². The molecule has 40 heavy (non-hydrogen) atoms. The van der Waals surface area contributed by atoms with Crippen LogP contribution in [0.15, 0.2) is 29.3 Å². The quantitative estimate of drug-likeness (QED) is 0.390. The van der Waals surface area contributed by atoms with E-state index in [1.54, 1.807) is 17.8 Å². The van der Waals surface area contributed by atoms with Gasteiger partial charge < -0.3 is 20.1 Å². The Kier molecular flexibility index (Phi) is 6.90. The molecule has 3 fully saturated rings. The Bertz CT molecular complexity index is 1390. The van der Waals surface area contributed by atoms with Crippen molar-refractivity contribution in [2.24, 2.45) is 0 Å². The minimum Gasteiger partial charge on any atom is -0.395 e. The molecule has 212 valence electrons.